The Balaban J connectivity index is -0.000000150. The smallest absolute Gasteiger partial charge is 0.114 e. The minimum atomic E-state index is -2.97. The van der Waals surface area contributed by atoms with E-state index in [2.05, 4.69) is 38.0 Å². The fourth-order valence-corrected chi connectivity index (χ4v) is 0.684. The average Bonchev–Trinajstić information content (AvgIpc) is 2.53. The van der Waals surface area contributed by atoms with Gasteiger partial charge in [0.1, 0.15) is 5.60 Å². The van der Waals surface area contributed by atoms with Crippen molar-refractivity contribution >= 4 is 17.9 Å². The standard InChI is InChI=1S/C6H8O7.3C3H9N/c7-3(8)1-6(13,5(11)12)2-4(9)10;3*1-2-3-4/h13H,1-2H2,(H,7,8)(H,9,10)(H,11,12);3*2-4H2,1H3. The van der Waals surface area contributed by atoms with Gasteiger partial charge < -0.3 is 52.0 Å². The summed E-state index contributed by atoms with van der Waals surface area (Å²) in [5, 5.41) is 38.9. The van der Waals surface area contributed by atoms with Gasteiger partial charge in [-0.2, -0.15) is 0 Å². The van der Waals surface area contributed by atoms with Crippen molar-refractivity contribution in [3.63, 3.8) is 0 Å². The summed E-state index contributed by atoms with van der Waals surface area (Å²) in [6.45, 7) is 9.56. The SMILES string of the molecule is CCC[NH3+].CCC[NH3+].CCC[NH3+].O=C([O-])CC(O)(CC(=O)[O-])C(=O)[O-]. The van der Waals surface area contributed by atoms with E-state index < -0.39 is 36.4 Å². The van der Waals surface area contributed by atoms with Crippen LogP contribution < -0.4 is 32.5 Å². The number of carbonyl (C=O) groups excluding carboxylic acids is 3. The molecule has 0 aromatic rings. The summed E-state index contributed by atoms with van der Waals surface area (Å²) in [4.78, 5) is 30.0. The van der Waals surface area contributed by atoms with Gasteiger partial charge in [0, 0.05) is 24.8 Å². The van der Waals surface area contributed by atoms with E-state index in [4.69, 9.17) is 5.11 Å². The molecule has 0 amide bonds. The van der Waals surface area contributed by atoms with Gasteiger partial charge in [0.2, 0.25) is 0 Å². The molecular weight excluding hydrogens is 334 g/mol. The Kier molecular flexibility index (Phi) is 27.6. The summed E-state index contributed by atoms with van der Waals surface area (Å²) in [7, 11) is 0. The molecule has 0 atom stereocenters. The number of carboxylic acid groups (broad SMARTS) is 3. The third kappa shape index (κ3) is 30.7. The second-order valence-corrected chi connectivity index (χ2v) is 4.98. The van der Waals surface area contributed by atoms with Crippen LogP contribution in [0.4, 0.5) is 0 Å². The van der Waals surface area contributed by atoms with Crippen LogP contribution in [0.15, 0.2) is 0 Å². The lowest BCUT2D eigenvalue weighted by molar-refractivity contribution is -0.367. The van der Waals surface area contributed by atoms with Crippen molar-refractivity contribution in [1.82, 2.24) is 0 Å². The number of carboxylic acids is 3. The molecule has 0 spiro atoms. The van der Waals surface area contributed by atoms with E-state index in [1.807, 2.05) is 0 Å². The van der Waals surface area contributed by atoms with E-state index in [0.29, 0.717) is 0 Å². The monoisotopic (exact) mass is 369 g/mol. The summed E-state index contributed by atoms with van der Waals surface area (Å²) < 4.78 is 0. The van der Waals surface area contributed by atoms with Gasteiger partial charge in [0.15, 0.2) is 0 Å². The van der Waals surface area contributed by atoms with Crippen molar-refractivity contribution in [2.75, 3.05) is 19.6 Å². The molecule has 0 bridgehead atoms. The number of carbonyl (C=O) groups is 3. The highest BCUT2D eigenvalue weighted by Crippen LogP contribution is 2.13. The summed E-state index contributed by atoms with van der Waals surface area (Å²) in [5.74, 6) is -5.98. The summed E-state index contributed by atoms with van der Waals surface area (Å²) in [5.41, 5.74) is 7.84. The van der Waals surface area contributed by atoms with Crippen LogP contribution in [-0.2, 0) is 14.4 Å². The first kappa shape index (κ1) is 31.1. The van der Waals surface area contributed by atoms with E-state index in [1.165, 1.54) is 19.3 Å². The molecule has 0 saturated heterocycles. The van der Waals surface area contributed by atoms with Gasteiger partial charge in [0.25, 0.3) is 0 Å². The van der Waals surface area contributed by atoms with Crippen LogP contribution in [0.25, 0.3) is 0 Å². The van der Waals surface area contributed by atoms with Gasteiger partial charge in [0.05, 0.1) is 25.6 Å². The van der Waals surface area contributed by atoms with Crippen LogP contribution >= 0.6 is 0 Å². The molecule has 10 nitrogen and oxygen atoms in total. The average molecular weight is 369 g/mol. The third-order valence-electron chi connectivity index (χ3n) is 2.31. The molecule has 0 heterocycles. The number of aliphatic carboxylic acids is 3. The van der Waals surface area contributed by atoms with Crippen molar-refractivity contribution in [2.24, 2.45) is 0 Å². The van der Waals surface area contributed by atoms with E-state index in [-0.39, 0.29) is 0 Å². The van der Waals surface area contributed by atoms with Crippen molar-refractivity contribution < 1.29 is 52.0 Å². The molecule has 10 N–H and O–H groups in total. The minimum absolute atomic E-state index is 1.07. The molecule has 0 aromatic heterocycles. The molecule has 10 heteroatoms. The van der Waals surface area contributed by atoms with Crippen LogP contribution in [0.5, 0.6) is 0 Å². The second kappa shape index (κ2) is 22.2. The number of rotatable bonds is 8. The van der Waals surface area contributed by atoms with Crippen LogP contribution in [0.1, 0.15) is 52.9 Å². The fraction of sp³-hybridized carbons (Fsp3) is 0.800. The lowest BCUT2D eigenvalue weighted by Gasteiger charge is -2.29. The second-order valence-electron chi connectivity index (χ2n) is 4.98. The van der Waals surface area contributed by atoms with E-state index >= 15 is 0 Å². The Labute approximate surface area is 149 Å². The highest BCUT2D eigenvalue weighted by molar-refractivity contribution is 5.86. The first-order chi connectivity index (χ1) is 11.5. The molecular formula is C15H35N3O7. The molecule has 0 fully saturated rings. The molecule has 0 unspecified atom stereocenters. The van der Waals surface area contributed by atoms with E-state index in [9.17, 15) is 29.7 Å². The quantitative estimate of drug-likeness (QED) is 0.323. The van der Waals surface area contributed by atoms with Crippen molar-refractivity contribution in [2.45, 2.75) is 58.5 Å². The van der Waals surface area contributed by atoms with Gasteiger partial charge in [-0.1, -0.05) is 20.8 Å². The molecule has 0 radical (unpaired) electrons. The Morgan fingerprint density at radius 1 is 0.760 bits per heavy atom. The van der Waals surface area contributed by atoms with Crippen LogP contribution in [0.2, 0.25) is 0 Å². The largest absolute Gasteiger partial charge is 0.550 e. The molecule has 0 aliphatic rings. The molecule has 152 valence electrons. The molecule has 25 heavy (non-hydrogen) atoms. The Bertz CT molecular complexity index is 308. The zero-order valence-corrected chi connectivity index (χ0v) is 15.7. The fourth-order valence-electron chi connectivity index (χ4n) is 0.684. The molecule has 0 rings (SSSR count). The van der Waals surface area contributed by atoms with Gasteiger partial charge in [-0.15, -0.1) is 0 Å². The number of quaternary nitrogens is 3. The Morgan fingerprint density at radius 3 is 1.04 bits per heavy atom. The molecule has 0 aromatic carbocycles. The topological polar surface area (TPSA) is 224 Å². The maximum Gasteiger partial charge on any atom is 0.114 e. The zero-order chi connectivity index (χ0) is 20.9. The van der Waals surface area contributed by atoms with Gasteiger partial charge in [-0.3, -0.25) is 0 Å². The zero-order valence-electron chi connectivity index (χ0n) is 15.7. The number of hydrogen-bond donors (Lipinski definition) is 4. The Hall–Kier alpha value is -1.75. The summed E-state index contributed by atoms with van der Waals surface area (Å²) in [6.07, 6.45) is 0.909. The van der Waals surface area contributed by atoms with Crippen molar-refractivity contribution in [3.8, 4) is 0 Å². The van der Waals surface area contributed by atoms with Gasteiger partial charge in [-0.05, 0) is 19.3 Å². The Morgan fingerprint density at radius 2 is 0.960 bits per heavy atom. The van der Waals surface area contributed by atoms with Crippen LogP contribution in [0, 0.1) is 0 Å². The van der Waals surface area contributed by atoms with Crippen LogP contribution in [-0.4, -0.2) is 48.2 Å². The lowest BCUT2D eigenvalue weighted by Crippen LogP contribution is -2.54. The van der Waals surface area contributed by atoms with Gasteiger partial charge in [-0.25, -0.2) is 0 Å². The number of hydrogen-bond acceptors (Lipinski definition) is 7. The maximum atomic E-state index is 10.1. The number of aliphatic hydroxyl groups is 1. The predicted molar refractivity (Wildman–Crippen MR) is 83.3 cm³/mol. The van der Waals surface area contributed by atoms with Crippen LogP contribution in [0.3, 0.4) is 0 Å². The molecule has 0 aliphatic heterocycles. The highest BCUT2D eigenvalue weighted by Gasteiger charge is 2.29. The normalized spacial score (nSPS) is 9.24. The minimum Gasteiger partial charge on any atom is -0.550 e. The first-order valence-electron chi connectivity index (χ1n) is 8.23. The lowest BCUT2D eigenvalue weighted by atomic mass is 9.96. The maximum absolute atomic E-state index is 10.1. The summed E-state index contributed by atoms with van der Waals surface area (Å²) in [6, 6.07) is 0. The first-order valence-corrected chi connectivity index (χ1v) is 8.23. The van der Waals surface area contributed by atoms with E-state index in [1.54, 1.807) is 0 Å². The van der Waals surface area contributed by atoms with Crippen molar-refractivity contribution in [1.29, 1.82) is 0 Å². The molecule has 0 saturated carbocycles. The summed E-state index contributed by atoms with van der Waals surface area (Å²) >= 11 is 0. The van der Waals surface area contributed by atoms with E-state index in [0.717, 1.165) is 19.6 Å². The van der Waals surface area contributed by atoms with Crippen molar-refractivity contribution in [3.05, 3.63) is 0 Å². The van der Waals surface area contributed by atoms with Gasteiger partial charge >= 0.3 is 0 Å². The highest BCUT2D eigenvalue weighted by atomic mass is 16.4. The third-order valence-corrected chi connectivity index (χ3v) is 2.31. The predicted octanol–water partition coefficient (Wildman–Crippen LogP) is -6.34. The molecule has 0 aliphatic carbocycles.